The van der Waals surface area contributed by atoms with Crippen molar-refractivity contribution < 1.29 is 4.79 Å². The van der Waals surface area contributed by atoms with E-state index in [0.717, 1.165) is 11.3 Å². The van der Waals surface area contributed by atoms with Crippen molar-refractivity contribution >= 4 is 5.78 Å². The summed E-state index contributed by atoms with van der Waals surface area (Å²) in [6.07, 6.45) is 5.08. The molecule has 1 atom stereocenters. The summed E-state index contributed by atoms with van der Waals surface area (Å²) >= 11 is 0. The Morgan fingerprint density at radius 3 is 2.55 bits per heavy atom. The summed E-state index contributed by atoms with van der Waals surface area (Å²) in [6, 6.07) is 16.0. The third-order valence-electron chi connectivity index (χ3n) is 3.91. The van der Waals surface area contributed by atoms with E-state index in [0.29, 0.717) is 12.8 Å². The van der Waals surface area contributed by atoms with Gasteiger partial charge in [0.1, 0.15) is 0 Å². The molecule has 0 saturated carbocycles. The van der Waals surface area contributed by atoms with Crippen LogP contribution in [0.3, 0.4) is 0 Å². The molecular weight excluding hydrogens is 246 g/mol. The zero-order valence-electron chi connectivity index (χ0n) is 11.5. The fourth-order valence-corrected chi connectivity index (χ4v) is 2.81. The molecule has 0 radical (unpaired) electrons. The van der Waals surface area contributed by atoms with Gasteiger partial charge in [-0.2, -0.15) is 0 Å². The summed E-state index contributed by atoms with van der Waals surface area (Å²) in [5.74, 6) is 0.238. The standard InChI is InChI=1S/C18H17NO/c1-18(15-7-3-2-4-8-15)12-14(17(20)13-18)11-16-9-5-6-10-19-16/h2-10,12H,11,13H2,1H3. The Bertz CT molecular complexity index is 646. The van der Waals surface area contributed by atoms with E-state index in [1.165, 1.54) is 5.56 Å². The van der Waals surface area contributed by atoms with Crippen LogP contribution in [0.15, 0.2) is 66.4 Å². The van der Waals surface area contributed by atoms with Crippen molar-refractivity contribution in [3.05, 3.63) is 77.6 Å². The first-order chi connectivity index (χ1) is 9.67. The minimum absolute atomic E-state index is 0.178. The lowest BCUT2D eigenvalue weighted by Crippen LogP contribution is -2.17. The molecule has 1 aliphatic carbocycles. The summed E-state index contributed by atoms with van der Waals surface area (Å²) in [6.45, 7) is 2.13. The number of aromatic nitrogens is 1. The zero-order chi connectivity index (χ0) is 14.0. The normalized spacial score (nSPS) is 21.9. The van der Waals surface area contributed by atoms with Gasteiger partial charge >= 0.3 is 0 Å². The van der Waals surface area contributed by atoms with Crippen LogP contribution in [-0.4, -0.2) is 10.8 Å². The van der Waals surface area contributed by atoms with Crippen molar-refractivity contribution in [3.8, 4) is 0 Å². The molecule has 0 saturated heterocycles. The maximum absolute atomic E-state index is 12.3. The van der Waals surface area contributed by atoms with E-state index in [9.17, 15) is 4.79 Å². The van der Waals surface area contributed by atoms with Gasteiger partial charge in [0.25, 0.3) is 0 Å². The fraction of sp³-hybridized carbons (Fsp3) is 0.222. The summed E-state index contributed by atoms with van der Waals surface area (Å²) in [7, 11) is 0. The molecule has 2 aromatic rings. The smallest absolute Gasteiger partial charge is 0.160 e. The molecule has 1 aromatic carbocycles. The van der Waals surface area contributed by atoms with Crippen LogP contribution in [0.2, 0.25) is 0 Å². The number of hydrogen-bond donors (Lipinski definition) is 0. The second-order valence-corrected chi connectivity index (χ2v) is 5.55. The van der Waals surface area contributed by atoms with E-state index < -0.39 is 0 Å². The summed E-state index contributed by atoms with van der Waals surface area (Å²) in [4.78, 5) is 16.6. The molecule has 0 N–H and O–H groups in total. The lowest BCUT2D eigenvalue weighted by atomic mass is 9.82. The Hall–Kier alpha value is -2.22. The number of allylic oxidation sites excluding steroid dienone is 2. The molecule has 0 bridgehead atoms. The van der Waals surface area contributed by atoms with Crippen LogP contribution in [0.1, 0.15) is 24.6 Å². The van der Waals surface area contributed by atoms with E-state index in [2.05, 4.69) is 30.1 Å². The average molecular weight is 263 g/mol. The Labute approximate surface area is 119 Å². The topological polar surface area (TPSA) is 30.0 Å². The number of hydrogen-bond acceptors (Lipinski definition) is 2. The molecule has 1 heterocycles. The summed E-state index contributed by atoms with van der Waals surface area (Å²) in [5, 5.41) is 0. The Morgan fingerprint density at radius 2 is 1.85 bits per heavy atom. The number of benzene rings is 1. The van der Waals surface area contributed by atoms with Gasteiger partial charge < -0.3 is 0 Å². The molecule has 1 aliphatic rings. The fourth-order valence-electron chi connectivity index (χ4n) is 2.81. The second kappa shape index (κ2) is 5.04. The van der Waals surface area contributed by atoms with Crippen LogP contribution in [0.4, 0.5) is 0 Å². The first-order valence-corrected chi connectivity index (χ1v) is 6.88. The van der Waals surface area contributed by atoms with Crippen molar-refractivity contribution in [1.29, 1.82) is 0 Å². The van der Waals surface area contributed by atoms with Gasteiger partial charge in [0.15, 0.2) is 5.78 Å². The quantitative estimate of drug-likeness (QED) is 0.848. The molecule has 0 fully saturated rings. The van der Waals surface area contributed by atoms with Gasteiger partial charge in [-0.25, -0.2) is 0 Å². The van der Waals surface area contributed by atoms with E-state index in [1.807, 2.05) is 36.4 Å². The van der Waals surface area contributed by atoms with E-state index in [4.69, 9.17) is 0 Å². The second-order valence-electron chi connectivity index (χ2n) is 5.55. The highest BCUT2D eigenvalue weighted by Gasteiger charge is 2.35. The van der Waals surface area contributed by atoms with Crippen molar-refractivity contribution in [1.82, 2.24) is 4.98 Å². The van der Waals surface area contributed by atoms with Gasteiger partial charge in [0.2, 0.25) is 0 Å². The van der Waals surface area contributed by atoms with Gasteiger partial charge in [-0.1, -0.05) is 49.4 Å². The number of carbonyl (C=O) groups excluding carboxylic acids is 1. The van der Waals surface area contributed by atoms with E-state index in [-0.39, 0.29) is 11.2 Å². The van der Waals surface area contributed by atoms with Gasteiger partial charge in [-0.15, -0.1) is 0 Å². The Morgan fingerprint density at radius 1 is 1.10 bits per heavy atom. The highest BCUT2D eigenvalue weighted by atomic mass is 16.1. The predicted molar refractivity (Wildman–Crippen MR) is 79.4 cm³/mol. The Balaban J connectivity index is 1.89. The molecule has 100 valence electrons. The van der Waals surface area contributed by atoms with E-state index in [1.54, 1.807) is 6.20 Å². The van der Waals surface area contributed by atoms with Gasteiger partial charge in [-0.3, -0.25) is 9.78 Å². The molecular formula is C18H17NO. The van der Waals surface area contributed by atoms with Gasteiger partial charge in [0, 0.05) is 30.1 Å². The average Bonchev–Trinajstić information content (AvgIpc) is 2.77. The third kappa shape index (κ3) is 2.42. The van der Waals surface area contributed by atoms with Crippen LogP contribution in [0, 0.1) is 0 Å². The van der Waals surface area contributed by atoms with Crippen LogP contribution < -0.4 is 0 Å². The number of pyridine rings is 1. The maximum atomic E-state index is 12.3. The maximum Gasteiger partial charge on any atom is 0.160 e. The molecule has 20 heavy (non-hydrogen) atoms. The van der Waals surface area contributed by atoms with E-state index >= 15 is 0 Å². The van der Waals surface area contributed by atoms with Crippen molar-refractivity contribution in [2.75, 3.05) is 0 Å². The zero-order valence-corrected chi connectivity index (χ0v) is 11.5. The number of carbonyl (C=O) groups is 1. The minimum Gasteiger partial charge on any atom is -0.295 e. The molecule has 3 rings (SSSR count). The van der Waals surface area contributed by atoms with Crippen molar-refractivity contribution in [3.63, 3.8) is 0 Å². The Kier molecular flexibility index (Phi) is 3.23. The lowest BCUT2D eigenvalue weighted by molar-refractivity contribution is -0.115. The molecule has 0 aliphatic heterocycles. The lowest BCUT2D eigenvalue weighted by Gasteiger charge is -2.21. The monoisotopic (exact) mass is 263 g/mol. The number of Topliss-reactive ketones (excluding diaryl/α,β-unsaturated/α-hetero) is 1. The third-order valence-corrected chi connectivity index (χ3v) is 3.91. The first kappa shape index (κ1) is 12.8. The highest BCUT2D eigenvalue weighted by Crippen LogP contribution is 2.37. The highest BCUT2D eigenvalue weighted by molar-refractivity contribution is 6.00. The van der Waals surface area contributed by atoms with Crippen LogP contribution in [0.5, 0.6) is 0 Å². The van der Waals surface area contributed by atoms with Crippen LogP contribution in [-0.2, 0) is 16.6 Å². The van der Waals surface area contributed by atoms with Crippen LogP contribution in [0.25, 0.3) is 0 Å². The molecule has 1 aromatic heterocycles. The molecule has 0 amide bonds. The van der Waals surface area contributed by atoms with Crippen molar-refractivity contribution in [2.24, 2.45) is 0 Å². The predicted octanol–water partition coefficient (Wildman–Crippen LogP) is 3.48. The first-order valence-electron chi connectivity index (χ1n) is 6.88. The SMILES string of the molecule is CC1(c2ccccc2)C=C(Cc2ccccn2)C(=O)C1. The number of nitrogens with zero attached hydrogens (tertiary/aromatic N) is 1. The number of ketones is 1. The molecule has 2 nitrogen and oxygen atoms in total. The van der Waals surface area contributed by atoms with Gasteiger partial charge in [0.05, 0.1) is 0 Å². The number of rotatable bonds is 3. The largest absolute Gasteiger partial charge is 0.295 e. The summed E-state index contributed by atoms with van der Waals surface area (Å²) < 4.78 is 0. The molecule has 0 spiro atoms. The van der Waals surface area contributed by atoms with Crippen molar-refractivity contribution in [2.45, 2.75) is 25.2 Å². The van der Waals surface area contributed by atoms with Crippen LogP contribution >= 0.6 is 0 Å². The summed E-state index contributed by atoms with van der Waals surface area (Å²) in [5.41, 5.74) is 2.85. The molecule has 2 heteroatoms. The molecule has 1 unspecified atom stereocenters. The van der Waals surface area contributed by atoms with Gasteiger partial charge in [-0.05, 0) is 23.3 Å². The minimum atomic E-state index is -0.178.